The molecule has 2 aromatic carbocycles. The molecule has 1 fully saturated rings. The number of nitrogens with two attached hydrogens (primary N) is 1. The topological polar surface area (TPSA) is 63.4 Å². The molecule has 0 atom stereocenters. The first-order valence-electron chi connectivity index (χ1n) is 7.42. The second kappa shape index (κ2) is 5.83. The van der Waals surface area contributed by atoms with E-state index >= 15 is 0 Å². The number of hydrogen-bond donors (Lipinski definition) is 1. The molecule has 116 valence electrons. The van der Waals surface area contributed by atoms with Gasteiger partial charge < -0.3 is 5.73 Å². The van der Waals surface area contributed by atoms with Gasteiger partial charge in [-0.1, -0.05) is 48.5 Å². The number of piperidine rings is 1. The van der Waals surface area contributed by atoms with Gasteiger partial charge in [-0.3, -0.25) is 0 Å². The Morgan fingerprint density at radius 1 is 0.864 bits per heavy atom. The molecule has 0 radical (unpaired) electrons. The van der Waals surface area contributed by atoms with Crippen LogP contribution in [0.2, 0.25) is 0 Å². The highest BCUT2D eigenvalue weighted by Gasteiger charge is 2.36. The molecular weight excluding hydrogens is 296 g/mol. The first kappa shape index (κ1) is 15.2. The summed E-state index contributed by atoms with van der Waals surface area (Å²) in [4.78, 5) is 0.347. The number of nitrogens with zero attached hydrogens (tertiary/aromatic N) is 1. The molecule has 4 nitrogen and oxygen atoms in total. The van der Waals surface area contributed by atoms with Gasteiger partial charge in [-0.15, -0.1) is 0 Å². The van der Waals surface area contributed by atoms with Crippen molar-refractivity contribution >= 4 is 10.0 Å². The minimum atomic E-state index is -3.42. The van der Waals surface area contributed by atoms with Crippen molar-refractivity contribution in [2.75, 3.05) is 13.1 Å². The van der Waals surface area contributed by atoms with Gasteiger partial charge in [-0.2, -0.15) is 4.31 Å². The molecule has 1 aliphatic rings. The summed E-state index contributed by atoms with van der Waals surface area (Å²) in [5.74, 6) is 0. The van der Waals surface area contributed by atoms with E-state index in [0.29, 0.717) is 30.8 Å². The lowest BCUT2D eigenvalue weighted by molar-refractivity contribution is 0.238. The second-order valence-corrected chi connectivity index (χ2v) is 7.68. The number of sulfonamides is 1. The first-order chi connectivity index (χ1) is 10.5. The summed E-state index contributed by atoms with van der Waals surface area (Å²) in [7, 11) is -3.42. The van der Waals surface area contributed by atoms with Crippen LogP contribution in [0.1, 0.15) is 18.4 Å². The molecule has 0 spiro atoms. The first-order valence-corrected chi connectivity index (χ1v) is 8.86. The van der Waals surface area contributed by atoms with Gasteiger partial charge in [0.15, 0.2) is 0 Å². The summed E-state index contributed by atoms with van der Waals surface area (Å²) in [6.45, 7) is 0.894. The van der Waals surface area contributed by atoms with Gasteiger partial charge in [0.1, 0.15) is 0 Å². The van der Waals surface area contributed by atoms with E-state index in [0.717, 1.165) is 5.56 Å². The van der Waals surface area contributed by atoms with E-state index in [1.54, 1.807) is 24.3 Å². The van der Waals surface area contributed by atoms with E-state index in [1.807, 2.05) is 36.4 Å². The Bertz CT molecular complexity index is 722. The third kappa shape index (κ3) is 2.79. The van der Waals surface area contributed by atoms with Crippen molar-refractivity contribution in [2.45, 2.75) is 23.3 Å². The van der Waals surface area contributed by atoms with Gasteiger partial charge in [0.05, 0.1) is 4.90 Å². The molecule has 5 heteroatoms. The summed E-state index contributed by atoms with van der Waals surface area (Å²) in [6.07, 6.45) is 1.26. The minimum Gasteiger partial charge on any atom is -0.321 e. The van der Waals surface area contributed by atoms with E-state index < -0.39 is 15.6 Å². The van der Waals surface area contributed by atoms with E-state index in [-0.39, 0.29) is 0 Å². The van der Waals surface area contributed by atoms with Crippen LogP contribution in [-0.2, 0) is 15.6 Å². The zero-order chi connectivity index (χ0) is 15.6. The van der Waals surface area contributed by atoms with Gasteiger partial charge in [0.2, 0.25) is 10.0 Å². The molecule has 1 saturated heterocycles. The minimum absolute atomic E-state index is 0.347. The van der Waals surface area contributed by atoms with Crippen LogP contribution in [-0.4, -0.2) is 25.8 Å². The van der Waals surface area contributed by atoms with Crippen LogP contribution in [0.3, 0.4) is 0 Å². The van der Waals surface area contributed by atoms with E-state index in [4.69, 9.17) is 5.73 Å². The van der Waals surface area contributed by atoms with Crippen LogP contribution in [0, 0.1) is 0 Å². The molecule has 1 heterocycles. The standard InChI is InChI=1S/C17H20N2O2S/c18-17(15-7-3-1-4-8-15)11-13-19(14-12-17)22(20,21)16-9-5-2-6-10-16/h1-10H,11-14,18H2. The summed E-state index contributed by atoms with van der Waals surface area (Å²) >= 11 is 0. The maximum Gasteiger partial charge on any atom is 0.243 e. The Hall–Kier alpha value is -1.69. The second-order valence-electron chi connectivity index (χ2n) is 5.74. The Kier molecular flexibility index (Phi) is 4.04. The monoisotopic (exact) mass is 316 g/mol. The van der Waals surface area contributed by atoms with Crippen LogP contribution in [0.15, 0.2) is 65.6 Å². The van der Waals surface area contributed by atoms with Crippen molar-refractivity contribution in [3.05, 3.63) is 66.2 Å². The number of hydrogen-bond acceptors (Lipinski definition) is 3. The fourth-order valence-electron chi connectivity index (χ4n) is 2.93. The summed E-state index contributed by atoms with van der Waals surface area (Å²) < 4.78 is 26.8. The molecule has 22 heavy (non-hydrogen) atoms. The Morgan fingerprint density at radius 3 is 1.91 bits per heavy atom. The van der Waals surface area contributed by atoms with Crippen molar-refractivity contribution in [2.24, 2.45) is 5.73 Å². The molecule has 2 N–H and O–H groups in total. The summed E-state index contributed by atoms with van der Waals surface area (Å²) in [5, 5.41) is 0. The summed E-state index contributed by atoms with van der Waals surface area (Å²) in [5.41, 5.74) is 7.14. The highest BCUT2D eigenvalue weighted by Crippen LogP contribution is 2.32. The predicted molar refractivity (Wildman–Crippen MR) is 86.7 cm³/mol. The molecule has 3 rings (SSSR count). The van der Waals surface area contributed by atoms with Crippen molar-refractivity contribution in [3.63, 3.8) is 0 Å². The zero-order valence-electron chi connectivity index (χ0n) is 12.4. The third-order valence-electron chi connectivity index (χ3n) is 4.34. The Labute approximate surface area is 131 Å². The molecule has 2 aromatic rings. The molecule has 1 aliphatic heterocycles. The van der Waals surface area contributed by atoms with Crippen LogP contribution >= 0.6 is 0 Å². The van der Waals surface area contributed by atoms with E-state index in [2.05, 4.69) is 0 Å². The van der Waals surface area contributed by atoms with Crippen molar-refractivity contribution in [1.82, 2.24) is 4.31 Å². The fourth-order valence-corrected chi connectivity index (χ4v) is 4.39. The zero-order valence-corrected chi connectivity index (χ0v) is 13.2. The van der Waals surface area contributed by atoms with Crippen molar-refractivity contribution in [3.8, 4) is 0 Å². The lowest BCUT2D eigenvalue weighted by atomic mass is 9.83. The number of benzene rings is 2. The third-order valence-corrected chi connectivity index (χ3v) is 6.26. The smallest absolute Gasteiger partial charge is 0.243 e. The molecule has 0 unspecified atom stereocenters. The van der Waals surface area contributed by atoms with Crippen LogP contribution in [0.4, 0.5) is 0 Å². The van der Waals surface area contributed by atoms with Gasteiger partial charge >= 0.3 is 0 Å². The van der Waals surface area contributed by atoms with E-state index in [1.165, 1.54) is 4.31 Å². The van der Waals surface area contributed by atoms with Gasteiger partial charge in [0, 0.05) is 18.6 Å². The van der Waals surface area contributed by atoms with Gasteiger partial charge in [-0.05, 0) is 30.5 Å². The maximum atomic E-state index is 12.6. The average molecular weight is 316 g/mol. The van der Waals surface area contributed by atoms with Crippen molar-refractivity contribution in [1.29, 1.82) is 0 Å². The number of rotatable bonds is 3. The highest BCUT2D eigenvalue weighted by atomic mass is 32.2. The van der Waals surface area contributed by atoms with Gasteiger partial charge in [0.25, 0.3) is 0 Å². The Morgan fingerprint density at radius 2 is 1.36 bits per heavy atom. The normalized spacial score (nSPS) is 19.0. The lowest BCUT2D eigenvalue weighted by Gasteiger charge is -2.39. The van der Waals surface area contributed by atoms with Crippen molar-refractivity contribution < 1.29 is 8.42 Å². The quantitative estimate of drug-likeness (QED) is 0.945. The molecule has 0 aromatic heterocycles. The molecule has 0 amide bonds. The fraction of sp³-hybridized carbons (Fsp3) is 0.294. The average Bonchev–Trinajstić information content (AvgIpc) is 2.57. The van der Waals surface area contributed by atoms with Gasteiger partial charge in [-0.25, -0.2) is 8.42 Å². The highest BCUT2D eigenvalue weighted by molar-refractivity contribution is 7.89. The van der Waals surface area contributed by atoms with E-state index in [9.17, 15) is 8.42 Å². The molecular formula is C17H20N2O2S. The van der Waals surface area contributed by atoms with Crippen LogP contribution < -0.4 is 5.73 Å². The Balaban J connectivity index is 1.77. The summed E-state index contributed by atoms with van der Waals surface area (Å²) in [6, 6.07) is 18.5. The lowest BCUT2D eigenvalue weighted by Crippen LogP contribution is -2.49. The molecule has 0 saturated carbocycles. The van der Waals surface area contributed by atoms with Crippen LogP contribution in [0.25, 0.3) is 0 Å². The maximum absolute atomic E-state index is 12.6. The molecule has 0 aliphatic carbocycles. The predicted octanol–water partition coefficient (Wildman–Crippen LogP) is 2.33. The largest absolute Gasteiger partial charge is 0.321 e. The van der Waals surface area contributed by atoms with Crippen LogP contribution in [0.5, 0.6) is 0 Å². The molecule has 0 bridgehead atoms. The SMILES string of the molecule is NC1(c2ccccc2)CCN(S(=O)(=O)c2ccccc2)CC1.